The SMILES string of the molecule is Cc1cccc(C2/C(=C(/O)c3cccc([N+](=O)[O-])c3)C(=O)C(=O)N2c2ccc(Cl)cc2)c1. The van der Waals surface area contributed by atoms with Gasteiger partial charge in [-0.25, -0.2) is 0 Å². The smallest absolute Gasteiger partial charge is 0.300 e. The number of hydrogen-bond donors (Lipinski definition) is 1. The highest BCUT2D eigenvalue weighted by atomic mass is 35.5. The van der Waals surface area contributed by atoms with Crippen LogP contribution in [0.25, 0.3) is 5.76 Å². The first kappa shape index (κ1) is 21.3. The summed E-state index contributed by atoms with van der Waals surface area (Å²) in [6.07, 6.45) is 0. The molecule has 3 aromatic carbocycles. The Hall–Kier alpha value is -3.97. The van der Waals surface area contributed by atoms with Gasteiger partial charge in [0.2, 0.25) is 0 Å². The van der Waals surface area contributed by atoms with Gasteiger partial charge in [-0.1, -0.05) is 53.6 Å². The molecule has 4 rings (SSSR count). The van der Waals surface area contributed by atoms with Gasteiger partial charge < -0.3 is 5.11 Å². The second-order valence-corrected chi connectivity index (χ2v) is 7.80. The Morgan fingerprint density at radius 3 is 2.38 bits per heavy atom. The zero-order valence-corrected chi connectivity index (χ0v) is 17.6. The predicted molar refractivity (Wildman–Crippen MR) is 121 cm³/mol. The van der Waals surface area contributed by atoms with Gasteiger partial charge in [-0.05, 0) is 36.8 Å². The normalized spacial score (nSPS) is 17.6. The van der Waals surface area contributed by atoms with E-state index in [0.717, 1.165) is 5.56 Å². The van der Waals surface area contributed by atoms with Crippen LogP contribution in [0.5, 0.6) is 0 Å². The highest BCUT2D eigenvalue weighted by molar-refractivity contribution is 6.51. The van der Waals surface area contributed by atoms with Gasteiger partial charge in [-0.2, -0.15) is 0 Å². The van der Waals surface area contributed by atoms with E-state index >= 15 is 0 Å². The molecule has 0 bridgehead atoms. The molecule has 0 spiro atoms. The summed E-state index contributed by atoms with van der Waals surface area (Å²) in [6.45, 7) is 1.87. The number of carbonyl (C=O) groups is 2. The molecular formula is C24H17ClN2O5. The van der Waals surface area contributed by atoms with Crippen molar-refractivity contribution in [1.29, 1.82) is 0 Å². The third-order valence-electron chi connectivity index (χ3n) is 5.24. The second-order valence-electron chi connectivity index (χ2n) is 7.37. The summed E-state index contributed by atoms with van der Waals surface area (Å²) in [6, 6.07) is 18.1. The molecule has 0 aliphatic carbocycles. The molecule has 1 heterocycles. The highest BCUT2D eigenvalue weighted by Gasteiger charge is 2.47. The van der Waals surface area contributed by atoms with Crippen molar-refractivity contribution in [3.05, 3.63) is 110 Å². The summed E-state index contributed by atoms with van der Waals surface area (Å²) in [5.41, 5.74) is 1.64. The molecule has 1 aliphatic heterocycles. The third-order valence-corrected chi connectivity index (χ3v) is 5.49. The molecule has 32 heavy (non-hydrogen) atoms. The summed E-state index contributed by atoms with van der Waals surface area (Å²) in [5.74, 6) is -2.17. The fourth-order valence-corrected chi connectivity index (χ4v) is 3.90. The van der Waals surface area contributed by atoms with E-state index in [2.05, 4.69) is 0 Å². The van der Waals surface area contributed by atoms with Gasteiger partial charge in [0.1, 0.15) is 5.76 Å². The predicted octanol–water partition coefficient (Wildman–Crippen LogP) is 5.18. The summed E-state index contributed by atoms with van der Waals surface area (Å²) >= 11 is 5.98. The van der Waals surface area contributed by atoms with Crippen molar-refractivity contribution in [2.75, 3.05) is 4.90 Å². The van der Waals surface area contributed by atoms with Crippen LogP contribution >= 0.6 is 11.6 Å². The number of aliphatic hydroxyl groups excluding tert-OH is 1. The average molecular weight is 449 g/mol. The first-order chi connectivity index (χ1) is 15.3. The van der Waals surface area contributed by atoms with Crippen LogP contribution in [-0.4, -0.2) is 21.7 Å². The number of aryl methyl sites for hydroxylation is 1. The van der Waals surface area contributed by atoms with Crippen LogP contribution in [0.4, 0.5) is 11.4 Å². The molecule has 1 N–H and O–H groups in total. The molecule has 7 nitrogen and oxygen atoms in total. The Morgan fingerprint density at radius 1 is 1.03 bits per heavy atom. The molecule has 1 amide bonds. The Bertz CT molecular complexity index is 1280. The van der Waals surface area contributed by atoms with E-state index in [1.807, 2.05) is 19.1 Å². The first-order valence-corrected chi connectivity index (χ1v) is 10.0. The van der Waals surface area contributed by atoms with Crippen molar-refractivity contribution < 1.29 is 19.6 Å². The minimum absolute atomic E-state index is 0.0750. The van der Waals surface area contributed by atoms with Crippen LogP contribution in [0.1, 0.15) is 22.7 Å². The lowest BCUT2D eigenvalue weighted by Gasteiger charge is -2.25. The molecule has 3 aromatic rings. The Balaban J connectivity index is 1.95. The number of aliphatic hydroxyl groups is 1. The van der Waals surface area contributed by atoms with Gasteiger partial charge in [0.05, 0.1) is 16.5 Å². The monoisotopic (exact) mass is 448 g/mol. The molecular weight excluding hydrogens is 432 g/mol. The number of nitrogens with zero attached hydrogens (tertiary/aromatic N) is 2. The minimum atomic E-state index is -0.921. The summed E-state index contributed by atoms with van der Waals surface area (Å²) in [5, 5.41) is 22.7. The maximum Gasteiger partial charge on any atom is 0.300 e. The molecule has 0 aromatic heterocycles. The van der Waals surface area contributed by atoms with Crippen molar-refractivity contribution in [2.24, 2.45) is 0 Å². The van der Waals surface area contributed by atoms with E-state index in [1.54, 1.807) is 36.4 Å². The lowest BCUT2D eigenvalue weighted by atomic mass is 9.94. The molecule has 1 atom stereocenters. The van der Waals surface area contributed by atoms with Crippen molar-refractivity contribution in [3.63, 3.8) is 0 Å². The molecule has 1 saturated heterocycles. The van der Waals surface area contributed by atoms with Gasteiger partial charge in [-0.15, -0.1) is 0 Å². The summed E-state index contributed by atoms with van der Waals surface area (Å²) < 4.78 is 0. The van der Waals surface area contributed by atoms with Crippen LogP contribution in [0.15, 0.2) is 78.4 Å². The number of carbonyl (C=O) groups excluding carboxylic acids is 2. The van der Waals surface area contributed by atoms with Crippen molar-refractivity contribution in [3.8, 4) is 0 Å². The van der Waals surface area contributed by atoms with E-state index in [4.69, 9.17) is 11.6 Å². The van der Waals surface area contributed by atoms with E-state index in [0.29, 0.717) is 16.3 Å². The van der Waals surface area contributed by atoms with Gasteiger partial charge in [0, 0.05) is 28.4 Å². The molecule has 1 aliphatic rings. The number of anilines is 1. The Morgan fingerprint density at radius 2 is 1.72 bits per heavy atom. The standard InChI is InChI=1S/C24H17ClN2O5/c1-14-4-2-5-15(12-14)21-20(22(28)16-6-3-7-19(13-16)27(31)32)23(29)24(30)26(21)18-10-8-17(25)9-11-18/h2-13,21,28H,1H3/b22-20-. The fraction of sp³-hybridized carbons (Fsp3) is 0.0833. The summed E-state index contributed by atoms with van der Waals surface area (Å²) in [7, 11) is 0. The third kappa shape index (κ3) is 3.74. The number of ketones is 1. The van der Waals surface area contributed by atoms with Gasteiger partial charge in [-0.3, -0.25) is 24.6 Å². The molecule has 160 valence electrons. The van der Waals surface area contributed by atoms with Gasteiger partial charge in [0.25, 0.3) is 17.4 Å². The van der Waals surface area contributed by atoms with Crippen LogP contribution in [0.3, 0.4) is 0 Å². The van der Waals surface area contributed by atoms with Crippen molar-refractivity contribution in [2.45, 2.75) is 13.0 Å². The zero-order chi connectivity index (χ0) is 23.0. The zero-order valence-electron chi connectivity index (χ0n) is 16.9. The van der Waals surface area contributed by atoms with Crippen LogP contribution in [0, 0.1) is 17.0 Å². The molecule has 1 fully saturated rings. The lowest BCUT2D eigenvalue weighted by Crippen LogP contribution is -2.29. The summed E-state index contributed by atoms with van der Waals surface area (Å²) in [4.78, 5) is 38.0. The topological polar surface area (TPSA) is 101 Å². The fourth-order valence-electron chi connectivity index (χ4n) is 3.78. The first-order valence-electron chi connectivity index (χ1n) is 9.66. The van der Waals surface area contributed by atoms with E-state index in [9.17, 15) is 24.8 Å². The number of benzene rings is 3. The number of rotatable bonds is 4. The quantitative estimate of drug-likeness (QED) is 0.195. The largest absolute Gasteiger partial charge is 0.507 e. The van der Waals surface area contributed by atoms with Gasteiger partial charge >= 0.3 is 0 Å². The lowest BCUT2D eigenvalue weighted by molar-refractivity contribution is -0.384. The highest BCUT2D eigenvalue weighted by Crippen LogP contribution is 2.42. The molecule has 1 unspecified atom stereocenters. The molecule has 8 heteroatoms. The van der Waals surface area contributed by atoms with Crippen molar-refractivity contribution >= 4 is 40.4 Å². The number of hydrogen-bond acceptors (Lipinski definition) is 5. The minimum Gasteiger partial charge on any atom is -0.507 e. The Labute approximate surface area is 188 Å². The number of amides is 1. The number of Topliss-reactive ketones (excluding diaryl/α,β-unsaturated/α-hetero) is 1. The molecule has 0 saturated carbocycles. The number of nitro groups is 1. The van der Waals surface area contributed by atoms with Crippen molar-refractivity contribution in [1.82, 2.24) is 0 Å². The Kier molecular flexibility index (Phi) is 5.50. The van der Waals surface area contributed by atoms with Crippen LogP contribution in [0.2, 0.25) is 5.02 Å². The van der Waals surface area contributed by atoms with Crippen LogP contribution < -0.4 is 4.90 Å². The van der Waals surface area contributed by atoms with Crippen LogP contribution in [-0.2, 0) is 9.59 Å². The maximum absolute atomic E-state index is 13.1. The maximum atomic E-state index is 13.1. The molecule has 0 radical (unpaired) electrons. The number of nitro benzene ring substituents is 1. The van der Waals surface area contributed by atoms with E-state index in [-0.39, 0.29) is 16.8 Å². The van der Waals surface area contributed by atoms with Gasteiger partial charge in [0.15, 0.2) is 0 Å². The van der Waals surface area contributed by atoms with E-state index < -0.39 is 28.4 Å². The number of halogens is 1. The number of non-ortho nitro benzene ring substituents is 1. The average Bonchev–Trinajstić information content (AvgIpc) is 3.04. The van der Waals surface area contributed by atoms with E-state index in [1.165, 1.54) is 29.2 Å². The second kappa shape index (κ2) is 8.28.